The van der Waals surface area contributed by atoms with E-state index in [1.807, 2.05) is 44.1 Å². The normalized spacial score (nSPS) is 13.1. The zero-order chi connectivity index (χ0) is 20.7. The highest BCUT2D eigenvalue weighted by atomic mass is 32.2. The minimum absolute atomic E-state index is 0.0841. The van der Waals surface area contributed by atoms with Gasteiger partial charge in [-0.05, 0) is 63.0 Å². The summed E-state index contributed by atoms with van der Waals surface area (Å²) in [5.41, 5.74) is 1.54. The average molecular weight is 404 g/mol. The standard InChI is InChI=1S/C21H26FN3O2S/c1-14(28-19-10-8-18(9-11-19)24-15(2)26)21(27)23-13-20(25(3)4)16-6-5-7-17(22)12-16/h5-12,14,20H,13H2,1-4H3,(H,23,27)(H,24,26)/t14-,20-/m1/s1. The van der Waals surface area contributed by atoms with Crippen molar-refractivity contribution in [3.05, 3.63) is 59.9 Å². The molecule has 0 saturated carbocycles. The Labute approximate surface area is 169 Å². The van der Waals surface area contributed by atoms with Crippen LogP contribution >= 0.6 is 11.8 Å². The van der Waals surface area contributed by atoms with Gasteiger partial charge < -0.3 is 15.5 Å². The van der Waals surface area contributed by atoms with Crippen molar-refractivity contribution in [2.75, 3.05) is 26.0 Å². The highest BCUT2D eigenvalue weighted by Crippen LogP contribution is 2.25. The van der Waals surface area contributed by atoms with Crippen LogP contribution in [-0.4, -0.2) is 42.6 Å². The van der Waals surface area contributed by atoms with Gasteiger partial charge in [-0.15, -0.1) is 11.8 Å². The third kappa shape index (κ3) is 6.65. The van der Waals surface area contributed by atoms with Crippen LogP contribution in [-0.2, 0) is 9.59 Å². The lowest BCUT2D eigenvalue weighted by molar-refractivity contribution is -0.120. The topological polar surface area (TPSA) is 61.4 Å². The molecule has 150 valence electrons. The van der Waals surface area contributed by atoms with Crippen molar-refractivity contribution < 1.29 is 14.0 Å². The fraction of sp³-hybridized carbons (Fsp3) is 0.333. The van der Waals surface area contributed by atoms with Crippen LogP contribution in [0.25, 0.3) is 0 Å². The summed E-state index contributed by atoms with van der Waals surface area (Å²) >= 11 is 1.44. The third-order valence-electron chi connectivity index (χ3n) is 4.18. The fourth-order valence-corrected chi connectivity index (χ4v) is 3.62. The number of benzene rings is 2. The summed E-state index contributed by atoms with van der Waals surface area (Å²) in [6, 6.07) is 13.7. The van der Waals surface area contributed by atoms with E-state index in [1.165, 1.54) is 30.8 Å². The number of hydrogen-bond acceptors (Lipinski definition) is 4. The lowest BCUT2D eigenvalue weighted by atomic mass is 10.1. The molecule has 2 atom stereocenters. The molecule has 0 radical (unpaired) electrons. The van der Waals surface area contributed by atoms with E-state index in [0.717, 1.165) is 16.1 Å². The van der Waals surface area contributed by atoms with Gasteiger partial charge in [0, 0.05) is 24.1 Å². The van der Waals surface area contributed by atoms with Crippen LogP contribution in [0.2, 0.25) is 0 Å². The molecular formula is C21H26FN3O2S. The van der Waals surface area contributed by atoms with E-state index in [4.69, 9.17) is 0 Å². The molecule has 2 amide bonds. The summed E-state index contributed by atoms with van der Waals surface area (Å²) in [4.78, 5) is 26.5. The van der Waals surface area contributed by atoms with E-state index in [2.05, 4.69) is 10.6 Å². The maximum absolute atomic E-state index is 13.5. The van der Waals surface area contributed by atoms with Crippen molar-refractivity contribution in [1.82, 2.24) is 10.2 Å². The number of hydrogen-bond donors (Lipinski definition) is 2. The molecule has 2 aromatic rings. The number of halogens is 1. The quantitative estimate of drug-likeness (QED) is 0.660. The first-order valence-corrected chi connectivity index (χ1v) is 9.88. The number of rotatable bonds is 8. The molecule has 2 rings (SSSR count). The van der Waals surface area contributed by atoms with E-state index >= 15 is 0 Å². The molecule has 0 aliphatic carbocycles. The predicted octanol–water partition coefficient (Wildman–Crippen LogP) is 3.68. The van der Waals surface area contributed by atoms with E-state index in [1.54, 1.807) is 18.2 Å². The number of amides is 2. The second kappa shape index (κ2) is 10.2. The van der Waals surface area contributed by atoms with Crippen LogP contribution in [0.1, 0.15) is 25.5 Å². The predicted molar refractivity (Wildman–Crippen MR) is 112 cm³/mol. The van der Waals surface area contributed by atoms with Crippen LogP contribution in [0.3, 0.4) is 0 Å². The first kappa shape index (κ1) is 21.9. The number of nitrogens with zero attached hydrogens (tertiary/aromatic N) is 1. The van der Waals surface area contributed by atoms with Gasteiger partial charge in [0.1, 0.15) is 5.82 Å². The minimum atomic E-state index is -0.290. The SMILES string of the molecule is CC(=O)Nc1ccc(S[C@H](C)C(=O)NC[C@H](c2cccc(F)c2)N(C)C)cc1. The summed E-state index contributed by atoms with van der Waals surface area (Å²) in [6.07, 6.45) is 0. The van der Waals surface area contributed by atoms with Crippen molar-refractivity contribution in [2.24, 2.45) is 0 Å². The van der Waals surface area contributed by atoms with Gasteiger partial charge in [-0.25, -0.2) is 4.39 Å². The van der Waals surface area contributed by atoms with Crippen LogP contribution in [0.15, 0.2) is 53.4 Å². The maximum atomic E-state index is 13.5. The highest BCUT2D eigenvalue weighted by Gasteiger charge is 2.19. The zero-order valence-electron chi connectivity index (χ0n) is 16.5. The summed E-state index contributed by atoms with van der Waals surface area (Å²) in [5, 5.41) is 5.38. The summed E-state index contributed by atoms with van der Waals surface area (Å²) in [5.74, 6) is -0.497. The van der Waals surface area contributed by atoms with Crippen molar-refractivity contribution in [1.29, 1.82) is 0 Å². The first-order chi connectivity index (χ1) is 13.3. The van der Waals surface area contributed by atoms with Gasteiger partial charge in [-0.2, -0.15) is 0 Å². The highest BCUT2D eigenvalue weighted by molar-refractivity contribution is 8.00. The van der Waals surface area contributed by atoms with Crippen LogP contribution in [0.4, 0.5) is 10.1 Å². The Bertz CT molecular complexity index is 812. The molecule has 0 aliphatic rings. The summed E-state index contributed by atoms with van der Waals surface area (Å²) in [6.45, 7) is 3.69. The van der Waals surface area contributed by atoms with Gasteiger partial charge in [0.05, 0.1) is 11.3 Å². The smallest absolute Gasteiger partial charge is 0.233 e. The number of carbonyl (C=O) groups excluding carboxylic acids is 2. The lowest BCUT2D eigenvalue weighted by Crippen LogP contribution is -2.38. The number of thioether (sulfide) groups is 1. The van der Waals surface area contributed by atoms with E-state index in [0.29, 0.717) is 6.54 Å². The Morgan fingerprint density at radius 1 is 1.14 bits per heavy atom. The van der Waals surface area contributed by atoms with Gasteiger partial charge in [0.15, 0.2) is 0 Å². The first-order valence-electron chi connectivity index (χ1n) is 9.00. The molecule has 0 heterocycles. The van der Waals surface area contributed by atoms with E-state index in [9.17, 15) is 14.0 Å². The van der Waals surface area contributed by atoms with Gasteiger partial charge in [0.2, 0.25) is 11.8 Å². The summed E-state index contributed by atoms with van der Waals surface area (Å²) in [7, 11) is 3.80. The van der Waals surface area contributed by atoms with Gasteiger partial charge in [0.25, 0.3) is 0 Å². The monoisotopic (exact) mass is 403 g/mol. The molecule has 0 bridgehead atoms. The Kier molecular flexibility index (Phi) is 8.02. The molecule has 7 heteroatoms. The average Bonchev–Trinajstić information content (AvgIpc) is 2.62. The fourth-order valence-electron chi connectivity index (χ4n) is 2.73. The molecular weight excluding hydrogens is 377 g/mol. The number of anilines is 1. The second-order valence-corrected chi connectivity index (χ2v) is 8.16. The van der Waals surface area contributed by atoms with Crippen LogP contribution in [0, 0.1) is 5.82 Å². The van der Waals surface area contributed by atoms with Crippen molar-refractivity contribution >= 4 is 29.3 Å². The van der Waals surface area contributed by atoms with Crippen LogP contribution in [0.5, 0.6) is 0 Å². The third-order valence-corrected chi connectivity index (χ3v) is 5.30. The molecule has 28 heavy (non-hydrogen) atoms. The number of likely N-dealkylation sites (N-methyl/N-ethyl adjacent to an activating group) is 1. The second-order valence-electron chi connectivity index (χ2n) is 6.75. The Morgan fingerprint density at radius 2 is 1.82 bits per heavy atom. The largest absolute Gasteiger partial charge is 0.353 e. The molecule has 0 fully saturated rings. The molecule has 0 aromatic heterocycles. The van der Waals surface area contributed by atoms with Crippen molar-refractivity contribution in [3.8, 4) is 0 Å². The van der Waals surface area contributed by atoms with E-state index in [-0.39, 0.29) is 28.9 Å². The summed E-state index contributed by atoms with van der Waals surface area (Å²) < 4.78 is 13.5. The molecule has 0 unspecified atom stereocenters. The number of carbonyl (C=O) groups is 2. The molecule has 0 aliphatic heterocycles. The van der Waals surface area contributed by atoms with Crippen molar-refractivity contribution in [2.45, 2.75) is 30.0 Å². The van der Waals surface area contributed by atoms with Crippen LogP contribution < -0.4 is 10.6 Å². The molecule has 0 saturated heterocycles. The molecule has 5 nitrogen and oxygen atoms in total. The van der Waals surface area contributed by atoms with Gasteiger partial charge in [-0.3, -0.25) is 9.59 Å². The molecule has 2 aromatic carbocycles. The maximum Gasteiger partial charge on any atom is 0.233 e. The molecule has 0 spiro atoms. The van der Waals surface area contributed by atoms with Crippen molar-refractivity contribution in [3.63, 3.8) is 0 Å². The Balaban J connectivity index is 1.92. The Hall–Kier alpha value is -2.38. The van der Waals surface area contributed by atoms with Gasteiger partial charge >= 0.3 is 0 Å². The number of nitrogens with one attached hydrogen (secondary N) is 2. The van der Waals surface area contributed by atoms with E-state index < -0.39 is 0 Å². The Morgan fingerprint density at radius 3 is 2.39 bits per heavy atom. The lowest BCUT2D eigenvalue weighted by Gasteiger charge is -2.25. The van der Waals surface area contributed by atoms with Gasteiger partial charge in [-0.1, -0.05) is 12.1 Å². The zero-order valence-corrected chi connectivity index (χ0v) is 17.3. The molecule has 2 N–H and O–H groups in total. The minimum Gasteiger partial charge on any atom is -0.353 e.